The molecule has 0 spiro atoms. The van der Waals surface area contributed by atoms with E-state index in [1.807, 2.05) is 27.7 Å². The molecule has 0 aliphatic heterocycles. The molecular formula is C28H29O4P. The molecule has 0 unspecified atom stereocenters. The minimum Gasteiger partial charge on any atom is -0.309 e. The second-order valence-corrected chi connectivity index (χ2v) is 11.6. The lowest BCUT2D eigenvalue weighted by molar-refractivity contribution is 0.0932. The first kappa shape index (κ1) is 24.5. The molecule has 3 aromatic rings. The molecule has 0 fully saturated rings. The summed E-state index contributed by atoms with van der Waals surface area (Å²) in [5.41, 5.74) is 1.69. The second-order valence-electron chi connectivity index (χ2n) is 8.84. The summed E-state index contributed by atoms with van der Waals surface area (Å²) >= 11 is 0. The fraction of sp³-hybridized carbons (Fsp3) is 0.250. The third-order valence-corrected chi connectivity index (χ3v) is 8.79. The molecule has 0 bridgehead atoms. The minimum absolute atomic E-state index is 0.0266. The molecule has 3 rings (SSSR count). The lowest BCUT2D eigenvalue weighted by Gasteiger charge is -2.21. The molecule has 0 saturated heterocycles. The molecule has 4 nitrogen and oxygen atoms in total. The molecule has 0 aliphatic rings. The number of hydrogen-bond donors (Lipinski definition) is 0. The molecule has 0 amide bonds. The fourth-order valence-corrected chi connectivity index (χ4v) is 6.29. The highest BCUT2D eigenvalue weighted by atomic mass is 31.2. The molecule has 0 radical (unpaired) electrons. The smallest absolute Gasteiger partial charge is 0.171 e. The van der Waals surface area contributed by atoms with E-state index in [0.29, 0.717) is 32.6 Å². The number of benzene rings is 3. The van der Waals surface area contributed by atoms with Crippen molar-refractivity contribution >= 4 is 40.4 Å². The summed E-state index contributed by atoms with van der Waals surface area (Å²) in [6.45, 7) is 8.87. The average Bonchev–Trinajstić information content (AvgIpc) is 2.82. The van der Waals surface area contributed by atoms with Crippen molar-refractivity contribution in [1.82, 2.24) is 0 Å². The van der Waals surface area contributed by atoms with Gasteiger partial charge in [-0.1, -0.05) is 100 Å². The monoisotopic (exact) mass is 460 g/mol. The Hall–Kier alpha value is -3.10. The standard InChI is InChI=1S/C28H29O4P/c1-18(2)27(30)22-8-14-25(15-9-22)33(32,24-12-6-21(7-13-24)20(5)29)26-16-10-23(11-17-26)28(31)19(3)4/h6-19H,1-5H3. The van der Waals surface area contributed by atoms with Crippen molar-refractivity contribution in [1.29, 1.82) is 0 Å². The normalized spacial score (nSPS) is 11.6. The largest absolute Gasteiger partial charge is 0.309 e. The number of carbonyl (C=O) groups excluding carboxylic acids is 3. The first-order chi connectivity index (χ1) is 15.6. The van der Waals surface area contributed by atoms with Gasteiger partial charge in [0.1, 0.15) is 0 Å². The van der Waals surface area contributed by atoms with Crippen LogP contribution >= 0.6 is 7.14 Å². The van der Waals surface area contributed by atoms with Gasteiger partial charge in [-0.15, -0.1) is 0 Å². The zero-order chi connectivity index (χ0) is 24.3. The maximum Gasteiger partial charge on any atom is 0.171 e. The van der Waals surface area contributed by atoms with Gasteiger partial charge < -0.3 is 4.57 Å². The van der Waals surface area contributed by atoms with Crippen molar-refractivity contribution in [3.63, 3.8) is 0 Å². The summed E-state index contributed by atoms with van der Waals surface area (Å²) in [7, 11) is -3.31. The Kier molecular flexibility index (Phi) is 7.29. The van der Waals surface area contributed by atoms with E-state index in [2.05, 4.69) is 0 Å². The topological polar surface area (TPSA) is 68.3 Å². The van der Waals surface area contributed by atoms with Crippen LogP contribution in [0.3, 0.4) is 0 Å². The summed E-state index contributed by atoms with van der Waals surface area (Å²) in [5.74, 6) is -0.275. The lowest BCUT2D eigenvalue weighted by Crippen LogP contribution is -2.26. The quantitative estimate of drug-likeness (QED) is 0.342. The van der Waals surface area contributed by atoms with E-state index in [0.717, 1.165) is 0 Å². The predicted molar refractivity (Wildman–Crippen MR) is 134 cm³/mol. The Labute approximate surface area is 195 Å². The molecule has 0 saturated carbocycles. The zero-order valence-corrected chi connectivity index (χ0v) is 20.6. The van der Waals surface area contributed by atoms with E-state index in [1.54, 1.807) is 72.8 Å². The minimum atomic E-state index is -3.31. The summed E-state index contributed by atoms with van der Waals surface area (Å²) in [5, 5.41) is 1.75. The Balaban J connectivity index is 2.14. The van der Waals surface area contributed by atoms with Crippen LogP contribution < -0.4 is 15.9 Å². The maximum atomic E-state index is 14.7. The molecule has 3 aromatic carbocycles. The van der Waals surface area contributed by atoms with Gasteiger partial charge in [-0.05, 0) is 6.92 Å². The molecule has 0 aliphatic carbocycles. The van der Waals surface area contributed by atoms with Gasteiger partial charge in [0, 0.05) is 44.4 Å². The van der Waals surface area contributed by atoms with Crippen LogP contribution in [0.5, 0.6) is 0 Å². The van der Waals surface area contributed by atoms with Crippen LogP contribution in [0, 0.1) is 11.8 Å². The van der Waals surface area contributed by atoms with Crippen molar-refractivity contribution in [3.8, 4) is 0 Å². The van der Waals surface area contributed by atoms with Gasteiger partial charge in [0.25, 0.3) is 0 Å². The predicted octanol–water partition coefficient (Wildman–Crippen LogP) is 5.21. The van der Waals surface area contributed by atoms with E-state index >= 15 is 0 Å². The molecular weight excluding hydrogens is 431 g/mol. The fourth-order valence-electron chi connectivity index (χ4n) is 3.69. The van der Waals surface area contributed by atoms with Crippen LogP contribution in [0.1, 0.15) is 65.7 Å². The Morgan fingerprint density at radius 1 is 0.545 bits per heavy atom. The van der Waals surface area contributed by atoms with Crippen LogP contribution in [-0.2, 0) is 4.57 Å². The Morgan fingerprint density at radius 2 is 0.818 bits per heavy atom. The van der Waals surface area contributed by atoms with Gasteiger partial charge in [0.05, 0.1) is 0 Å². The molecule has 170 valence electrons. The van der Waals surface area contributed by atoms with Crippen molar-refractivity contribution in [2.75, 3.05) is 0 Å². The molecule has 0 heterocycles. The van der Waals surface area contributed by atoms with E-state index in [9.17, 15) is 18.9 Å². The molecule has 5 heteroatoms. The van der Waals surface area contributed by atoms with Crippen molar-refractivity contribution in [3.05, 3.63) is 89.5 Å². The summed E-state index contributed by atoms with van der Waals surface area (Å²) in [6, 6.07) is 20.6. The van der Waals surface area contributed by atoms with Gasteiger partial charge in [0.2, 0.25) is 0 Å². The highest BCUT2D eigenvalue weighted by molar-refractivity contribution is 7.85. The zero-order valence-electron chi connectivity index (χ0n) is 19.7. The lowest BCUT2D eigenvalue weighted by atomic mass is 10.0. The van der Waals surface area contributed by atoms with Crippen LogP contribution in [0.25, 0.3) is 0 Å². The third kappa shape index (κ3) is 4.96. The third-order valence-electron chi connectivity index (χ3n) is 5.72. The maximum absolute atomic E-state index is 14.7. The van der Waals surface area contributed by atoms with Crippen LogP contribution in [0.4, 0.5) is 0 Å². The number of Topliss-reactive ketones (excluding diaryl/α,β-unsaturated/α-hetero) is 3. The first-order valence-electron chi connectivity index (χ1n) is 11.1. The van der Waals surface area contributed by atoms with Gasteiger partial charge in [-0.2, -0.15) is 0 Å². The Morgan fingerprint density at radius 3 is 1.06 bits per heavy atom. The van der Waals surface area contributed by atoms with Crippen molar-refractivity contribution < 1.29 is 18.9 Å². The molecule has 0 atom stereocenters. The Bertz CT molecular complexity index is 1150. The van der Waals surface area contributed by atoms with E-state index in [4.69, 9.17) is 0 Å². The van der Waals surface area contributed by atoms with Gasteiger partial charge in [0.15, 0.2) is 24.5 Å². The number of ketones is 3. The number of rotatable bonds is 8. The van der Waals surface area contributed by atoms with Gasteiger partial charge >= 0.3 is 0 Å². The van der Waals surface area contributed by atoms with E-state index < -0.39 is 7.14 Å². The molecule has 0 aromatic heterocycles. The van der Waals surface area contributed by atoms with E-state index in [1.165, 1.54) is 6.92 Å². The number of carbonyl (C=O) groups is 3. The molecule has 33 heavy (non-hydrogen) atoms. The molecule has 0 N–H and O–H groups in total. The summed E-state index contributed by atoms with van der Waals surface area (Å²) < 4.78 is 14.7. The highest BCUT2D eigenvalue weighted by Gasteiger charge is 2.30. The highest BCUT2D eigenvalue weighted by Crippen LogP contribution is 2.42. The van der Waals surface area contributed by atoms with Crippen LogP contribution in [0.15, 0.2) is 72.8 Å². The van der Waals surface area contributed by atoms with Crippen molar-refractivity contribution in [2.24, 2.45) is 11.8 Å². The first-order valence-corrected chi connectivity index (χ1v) is 12.8. The van der Waals surface area contributed by atoms with E-state index in [-0.39, 0.29) is 29.2 Å². The van der Waals surface area contributed by atoms with Gasteiger partial charge in [-0.25, -0.2) is 0 Å². The van der Waals surface area contributed by atoms with Crippen LogP contribution in [0.2, 0.25) is 0 Å². The SMILES string of the molecule is CC(=O)c1ccc(P(=O)(c2ccc(C(=O)C(C)C)cc2)c2ccc(C(=O)C(C)C)cc2)cc1. The van der Waals surface area contributed by atoms with Gasteiger partial charge in [-0.3, -0.25) is 14.4 Å². The average molecular weight is 461 g/mol. The van der Waals surface area contributed by atoms with Crippen molar-refractivity contribution in [2.45, 2.75) is 34.6 Å². The second kappa shape index (κ2) is 9.80. The summed E-state index contributed by atoms with van der Waals surface area (Å²) in [4.78, 5) is 36.5. The number of hydrogen-bond acceptors (Lipinski definition) is 4. The van der Waals surface area contributed by atoms with Crippen LogP contribution in [-0.4, -0.2) is 17.3 Å². The summed E-state index contributed by atoms with van der Waals surface area (Å²) in [6.07, 6.45) is 0.